The average Bonchev–Trinajstić information content (AvgIpc) is 2.23. The molecule has 1 aliphatic heterocycles. The van der Waals surface area contributed by atoms with Crippen molar-refractivity contribution in [3.05, 3.63) is 22.0 Å². The molecule has 0 aromatic carbocycles. The van der Waals surface area contributed by atoms with Crippen LogP contribution in [0.1, 0.15) is 0 Å². The Kier molecular flexibility index (Phi) is 2.85. The molecule has 2 rings (SSSR count). The Bertz CT molecular complexity index is 404. The highest BCUT2D eigenvalue weighted by atomic mass is 127. The second kappa shape index (κ2) is 4.13. The predicted molar refractivity (Wildman–Crippen MR) is 62.3 cm³/mol. The van der Waals surface area contributed by atoms with Crippen LogP contribution in [0.3, 0.4) is 0 Å². The molecule has 0 spiro atoms. The second-order valence-electron chi connectivity index (χ2n) is 3.10. The standard InChI is InChI=1S/C9H8IN3O2/c10-7-2-1-6(3-11-7)13-5-8(14)12-4-9(13)15/h1-3H,4-5H2,(H,12,14). The molecule has 1 saturated heterocycles. The van der Waals surface area contributed by atoms with Gasteiger partial charge in [-0.15, -0.1) is 0 Å². The molecule has 0 bridgehead atoms. The first-order valence-corrected chi connectivity index (χ1v) is 5.43. The lowest BCUT2D eigenvalue weighted by molar-refractivity contribution is -0.128. The Hall–Kier alpha value is -1.18. The molecule has 1 N–H and O–H groups in total. The Labute approximate surface area is 100.0 Å². The maximum atomic E-state index is 11.5. The minimum atomic E-state index is -0.145. The van der Waals surface area contributed by atoms with Gasteiger partial charge in [-0.1, -0.05) is 0 Å². The van der Waals surface area contributed by atoms with Gasteiger partial charge < -0.3 is 5.32 Å². The van der Waals surface area contributed by atoms with Crippen LogP contribution in [-0.4, -0.2) is 29.9 Å². The smallest absolute Gasteiger partial charge is 0.246 e. The third-order valence-corrected chi connectivity index (χ3v) is 2.70. The van der Waals surface area contributed by atoms with E-state index < -0.39 is 0 Å². The molecule has 78 valence electrons. The molecule has 1 aliphatic rings. The van der Waals surface area contributed by atoms with Crippen molar-refractivity contribution in [1.29, 1.82) is 0 Å². The zero-order valence-electron chi connectivity index (χ0n) is 7.74. The van der Waals surface area contributed by atoms with Crippen molar-refractivity contribution < 1.29 is 9.59 Å². The number of amides is 2. The number of carbonyl (C=O) groups excluding carboxylic acids is 2. The van der Waals surface area contributed by atoms with Crippen LogP contribution in [0.15, 0.2) is 18.3 Å². The molecule has 0 atom stereocenters. The van der Waals surface area contributed by atoms with Gasteiger partial charge in [0.25, 0.3) is 0 Å². The van der Waals surface area contributed by atoms with Gasteiger partial charge in [-0.3, -0.25) is 14.5 Å². The quantitative estimate of drug-likeness (QED) is 0.592. The maximum absolute atomic E-state index is 11.5. The van der Waals surface area contributed by atoms with E-state index in [2.05, 4.69) is 32.9 Å². The van der Waals surface area contributed by atoms with Crippen LogP contribution in [0.2, 0.25) is 0 Å². The molecule has 5 nitrogen and oxygen atoms in total. The van der Waals surface area contributed by atoms with Crippen molar-refractivity contribution in [2.45, 2.75) is 0 Å². The second-order valence-corrected chi connectivity index (χ2v) is 4.20. The lowest BCUT2D eigenvalue weighted by Gasteiger charge is -2.26. The molecular formula is C9H8IN3O2. The molecule has 0 aliphatic carbocycles. The Balaban J connectivity index is 2.25. The van der Waals surface area contributed by atoms with Crippen LogP contribution < -0.4 is 10.2 Å². The number of nitrogens with zero attached hydrogens (tertiary/aromatic N) is 2. The summed E-state index contributed by atoms with van der Waals surface area (Å²) in [4.78, 5) is 28.1. The van der Waals surface area contributed by atoms with E-state index in [4.69, 9.17) is 0 Å². The highest BCUT2D eigenvalue weighted by Crippen LogP contribution is 2.15. The van der Waals surface area contributed by atoms with Gasteiger partial charge in [0.05, 0.1) is 18.4 Å². The van der Waals surface area contributed by atoms with Gasteiger partial charge in [0.2, 0.25) is 11.8 Å². The number of hydrogen-bond donors (Lipinski definition) is 1. The van der Waals surface area contributed by atoms with Crippen molar-refractivity contribution in [3.8, 4) is 0 Å². The van der Waals surface area contributed by atoms with E-state index in [9.17, 15) is 9.59 Å². The monoisotopic (exact) mass is 317 g/mol. The van der Waals surface area contributed by atoms with Gasteiger partial charge in [-0.25, -0.2) is 4.98 Å². The Morgan fingerprint density at radius 3 is 2.87 bits per heavy atom. The number of rotatable bonds is 1. The molecule has 0 saturated carbocycles. The molecule has 6 heteroatoms. The van der Waals surface area contributed by atoms with Gasteiger partial charge >= 0.3 is 0 Å². The van der Waals surface area contributed by atoms with E-state index in [1.54, 1.807) is 18.3 Å². The zero-order valence-corrected chi connectivity index (χ0v) is 9.89. The van der Waals surface area contributed by atoms with Gasteiger partial charge in [-0.2, -0.15) is 0 Å². The van der Waals surface area contributed by atoms with E-state index in [1.165, 1.54) is 4.90 Å². The average molecular weight is 317 g/mol. The van der Waals surface area contributed by atoms with Crippen LogP contribution >= 0.6 is 22.6 Å². The highest BCUT2D eigenvalue weighted by molar-refractivity contribution is 14.1. The summed E-state index contributed by atoms with van der Waals surface area (Å²) >= 11 is 2.08. The van der Waals surface area contributed by atoms with Crippen LogP contribution in [0.5, 0.6) is 0 Å². The Morgan fingerprint density at radius 2 is 2.20 bits per heavy atom. The molecule has 0 radical (unpaired) electrons. The third-order valence-electron chi connectivity index (χ3n) is 2.06. The van der Waals surface area contributed by atoms with Crippen LogP contribution in [0.25, 0.3) is 0 Å². The summed E-state index contributed by atoms with van der Waals surface area (Å²) < 4.78 is 0.852. The fraction of sp³-hybridized carbons (Fsp3) is 0.222. The lowest BCUT2D eigenvalue weighted by atomic mass is 10.3. The highest BCUT2D eigenvalue weighted by Gasteiger charge is 2.24. The summed E-state index contributed by atoms with van der Waals surface area (Å²) in [6, 6.07) is 3.58. The van der Waals surface area contributed by atoms with Crippen molar-refractivity contribution >= 4 is 40.1 Å². The fourth-order valence-electron chi connectivity index (χ4n) is 1.32. The molecule has 2 heterocycles. The number of pyridine rings is 1. The van der Waals surface area contributed by atoms with Crippen molar-refractivity contribution in [2.24, 2.45) is 0 Å². The van der Waals surface area contributed by atoms with Crippen LogP contribution in [0, 0.1) is 3.70 Å². The zero-order chi connectivity index (χ0) is 10.8. The van der Waals surface area contributed by atoms with Gasteiger partial charge in [0, 0.05) is 0 Å². The first kappa shape index (κ1) is 10.3. The van der Waals surface area contributed by atoms with E-state index in [0.29, 0.717) is 5.69 Å². The molecule has 1 fully saturated rings. The van der Waals surface area contributed by atoms with E-state index in [1.807, 2.05) is 0 Å². The van der Waals surface area contributed by atoms with E-state index >= 15 is 0 Å². The largest absolute Gasteiger partial charge is 0.345 e. The summed E-state index contributed by atoms with van der Waals surface area (Å²) in [6.45, 7) is 0.131. The number of aromatic nitrogens is 1. The lowest BCUT2D eigenvalue weighted by Crippen LogP contribution is -2.51. The molecule has 0 unspecified atom stereocenters. The SMILES string of the molecule is O=C1CN(c2ccc(I)nc2)C(=O)CN1. The summed E-state index contributed by atoms with van der Waals surface area (Å²) in [5.41, 5.74) is 0.662. The molecule has 2 amide bonds. The minimum Gasteiger partial charge on any atom is -0.345 e. The fourth-order valence-corrected chi connectivity index (χ4v) is 1.64. The van der Waals surface area contributed by atoms with E-state index in [0.717, 1.165) is 3.70 Å². The summed E-state index contributed by atoms with van der Waals surface area (Å²) in [5, 5.41) is 2.49. The van der Waals surface area contributed by atoms with Gasteiger partial charge in [-0.05, 0) is 34.7 Å². The van der Waals surface area contributed by atoms with Gasteiger partial charge in [0.15, 0.2) is 0 Å². The molecular weight excluding hydrogens is 309 g/mol. The normalized spacial score (nSPS) is 16.5. The number of halogens is 1. The van der Waals surface area contributed by atoms with Crippen molar-refractivity contribution in [1.82, 2.24) is 10.3 Å². The number of carbonyl (C=O) groups is 2. The summed E-state index contributed by atoms with van der Waals surface area (Å²) in [5.74, 6) is -0.259. The van der Waals surface area contributed by atoms with E-state index in [-0.39, 0.29) is 24.9 Å². The first-order valence-electron chi connectivity index (χ1n) is 4.35. The molecule has 15 heavy (non-hydrogen) atoms. The van der Waals surface area contributed by atoms with Crippen molar-refractivity contribution in [2.75, 3.05) is 18.0 Å². The van der Waals surface area contributed by atoms with Crippen molar-refractivity contribution in [3.63, 3.8) is 0 Å². The minimum absolute atomic E-state index is 0.0603. The summed E-state index contributed by atoms with van der Waals surface area (Å²) in [6.07, 6.45) is 1.60. The molecule has 1 aromatic rings. The number of anilines is 1. The predicted octanol–water partition coefficient (Wildman–Crippen LogP) is 0.149. The summed E-state index contributed by atoms with van der Waals surface area (Å²) in [7, 11) is 0. The number of piperazine rings is 1. The molecule has 1 aromatic heterocycles. The van der Waals surface area contributed by atoms with Gasteiger partial charge in [0.1, 0.15) is 10.2 Å². The maximum Gasteiger partial charge on any atom is 0.246 e. The third kappa shape index (κ3) is 2.25. The Morgan fingerprint density at radius 1 is 1.40 bits per heavy atom. The number of hydrogen-bond acceptors (Lipinski definition) is 3. The van der Waals surface area contributed by atoms with Crippen LogP contribution in [-0.2, 0) is 9.59 Å². The topological polar surface area (TPSA) is 62.3 Å². The van der Waals surface area contributed by atoms with Crippen LogP contribution in [0.4, 0.5) is 5.69 Å². The number of nitrogens with one attached hydrogen (secondary N) is 1. The first-order chi connectivity index (χ1) is 7.16.